The first kappa shape index (κ1) is 14.2. The molecule has 0 spiro atoms. The van der Waals surface area contributed by atoms with Crippen LogP contribution in [0.5, 0.6) is 5.75 Å². The van der Waals surface area contributed by atoms with E-state index in [0.29, 0.717) is 17.2 Å². The molecular weight excluding hydrogens is 284 g/mol. The first-order chi connectivity index (χ1) is 10.6. The molecule has 0 aliphatic carbocycles. The van der Waals surface area contributed by atoms with E-state index in [4.69, 9.17) is 9.15 Å². The fourth-order valence-corrected chi connectivity index (χ4v) is 2.30. The zero-order valence-corrected chi connectivity index (χ0v) is 12.0. The number of fused-ring (bicyclic) bond motifs is 1. The Morgan fingerprint density at radius 1 is 1.32 bits per heavy atom. The Hall–Kier alpha value is -2.76. The van der Waals surface area contributed by atoms with Crippen LogP contribution in [0.1, 0.15) is 25.1 Å². The Labute approximate surface area is 127 Å². The molecule has 2 amide bonds. The molecule has 0 saturated carbocycles. The van der Waals surface area contributed by atoms with Crippen LogP contribution in [0.15, 0.2) is 47.1 Å². The molecule has 22 heavy (non-hydrogen) atoms. The van der Waals surface area contributed by atoms with Gasteiger partial charge in [-0.15, -0.1) is 0 Å². The molecule has 3 rings (SSSR count). The van der Waals surface area contributed by atoms with E-state index >= 15 is 0 Å². The zero-order valence-electron chi connectivity index (χ0n) is 12.0. The van der Waals surface area contributed by atoms with Gasteiger partial charge in [0.05, 0.1) is 24.4 Å². The Bertz CT molecular complexity index is 681. The first-order valence-corrected chi connectivity index (χ1v) is 7.03. The number of para-hydroxylation sites is 2. The number of amides is 2. The van der Waals surface area contributed by atoms with Gasteiger partial charge in [0.2, 0.25) is 5.91 Å². The van der Waals surface area contributed by atoms with Crippen LogP contribution in [-0.4, -0.2) is 17.9 Å². The van der Waals surface area contributed by atoms with Crippen molar-refractivity contribution in [1.29, 1.82) is 0 Å². The van der Waals surface area contributed by atoms with Crippen molar-refractivity contribution in [2.45, 2.75) is 25.5 Å². The summed E-state index contributed by atoms with van der Waals surface area (Å²) < 4.78 is 10.8. The van der Waals surface area contributed by atoms with Gasteiger partial charge in [-0.25, -0.2) is 0 Å². The van der Waals surface area contributed by atoms with Gasteiger partial charge in [-0.2, -0.15) is 0 Å². The van der Waals surface area contributed by atoms with Crippen molar-refractivity contribution in [2.24, 2.45) is 0 Å². The van der Waals surface area contributed by atoms with Crippen molar-refractivity contribution in [1.82, 2.24) is 5.32 Å². The van der Waals surface area contributed by atoms with E-state index in [2.05, 4.69) is 10.6 Å². The summed E-state index contributed by atoms with van der Waals surface area (Å²) in [7, 11) is 0. The largest absolute Gasteiger partial charge is 0.478 e. The predicted molar refractivity (Wildman–Crippen MR) is 79.4 cm³/mol. The molecule has 2 atom stereocenters. The number of carbonyl (C=O) groups excluding carboxylic acids is 2. The highest BCUT2D eigenvalue weighted by molar-refractivity contribution is 5.99. The summed E-state index contributed by atoms with van der Waals surface area (Å²) in [5, 5.41) is 5.52. The van der Waals surface area contributed by atoms with Crippen LogP contribution in [0.4, 0.5) is 5.69 Å². The number of hydrogen-bond donors (Lipinski definition) is 2. The van der Waals surface area contributed by atoms with Gasteiger partial charge in [0.25, 0.3) is 5.91 Å². The SMILES string of the molecule is C[C@@H](NC(=O)C[C@H]1Oc2ccccc2NC1=O)c1ccco1. The van der Waals surface area contributed by atoms with E-state index in [0.717, 1.165) is 0 Å². The normalized spacial score (nSPS) is 17.9. The molecule has 1 aromatic heterocycles. The third kappa shape index (κ3) is 2.95. The molecule has 0 unspecified atom stereocenters. The van der Waals surface area contributed by atoms with E-state index in [1.807, 2.05) is 13.0 Å². The second-order valence-corrected chi connectivity index (χ2v) is 5.10. The molecule has 0 radical (unpaired) electrons. The molecule has 2 aromatic rings. The van der Waals surface area contributed by atoms with Gasteiger partial charge in [0.1, 0.15) is 11.5 Å². The van der Waals surface area contributed by atoms with Crippen LogP contribution in [0.3, 0.4) is 0 Å². The highest BCUT2D eigenvalue weighted by Gasteiger charge is 2.30. The first-order valence-electron chi connectivity index (χ1n) is 7.03. The lowest BCUT2D eigenvalue weighted by Crippen LogP contribution is -2.41. The van der Waals surface area contributed by atoms with E-state index in [1.54, 1.807) is 36.6 Å². The van der Waals surface area contributed by atoms with E-state index < -0.39 is 6.10 Å². The standard InChI is InChI=1S/C16H16N2O4/c1-10(12-7-4-8-21-12)17-15(19)9-14-16(20)18-11-5-2-3-6-13(11)22-14/h2-8,10,14H,9H2,1H3,(H,17,19)(H,18,20)/t10-,14-/m1/s1. The van der Waals surface area contributed by atoms with Crippen LogP contribution >= 0.6 is 0 Å². The smallest absolute Gasteiger partial charge is 0.266 e. The molecule has 1 aliphatic heterocycles. The minimum atomic E-state index is -0.835. The minimum Gasteiger partial charge on any atom is -0.478 e. The van der Waals surface area contributed by atoms with Gasteiger partial charge in [0, 0.05) is 0 Å². The summed E-state index contributed by atoms with van der Waals surface area (Å²) in [6, 6.07) is 10.4. The quantitative estimate of drug-likeness (QED) is 0.907. The van der Waals surface area contributed by atoms with Gasteiger partial charge in [-0.1, -0.05) is 12.1 Å². The van der Waals surface area contributed by atoms with Gasteiger partial charge < -0.3 is 19.8 Å². The maximum atomic E-state index is 12.1. The van der Waals surface area contributed by atoms with Crippen molar-refractivity contribution in [3.05, 3.63) is 48.4 Å². The molecule has 114 valence electrons. The maximum Gasteiger partial charge on any atom is 0.266 e. The number of furan rings is 1. The second kappa shape index (κ2) is 5.93. The Morgan fingerprint density at radius 2 is 2.14 bits per heavy atom. The molecule has 1 aliphatic rings. The van der Waals surface area contributed by atoms with Crippen LogP contribution < -0.4 is 15.4 Å². The number of ether oxygens (including phenoxy) is 1. The van der Waals surface area contributed by atoms with Crippen molar-refractivity contribution in [2.75, 3.05) is 5.32 Å². The average molecular weight is 300 g/mol. The molecule has 0 fully saturated rings. The van der Waals surface area contributed by atoms with Crippen molar-refractivity contribution >= 4 is 17.5 Å². The number of nitrogens with one attached hydrogen (secondary N) is 2. The zero-order chi connectivity index (χ0) is 15.5. The second-order valence-electron chi connectivity index (χ2n) is 5.10. The lowest BCUT2D eigenvalue weighted by atomic mass is 10.1. The predicted octanol–water partition coefficient (Wildman–Crippen LogP) is 2.25. The summed E-state index contributed by atoms with van der Waals surface area (Å²) >= 11 is 0. The maximum absolute atomic E-state index is 12.1. The van der Waals surface area contributed by atoms with Crippen LogP contribution in [0.25, 0.3) is 0 Å². The van der Waals surface area contributed by atoms with E-state index in [9.17, 15) is 9.59 Å². The Kier molecular flexibility index (Phi) is 3.82. The molecule has 2 N–H and O–H groups in total. The number of rotatable bonds is 4. The molecular formula is C16H16N2O4. The summed E-state index contributed by atoms with van der Waals surface area (Å²) in [6.45, 7) is 1.81. The van der Waals surface area contributed by atoms with Crippen molar-refractivity contribution in [3.63, 3.8) is 0 Å². The van der Waals surface area contributed by atoms with Crippen molar-refractivity contribution in [3.8, 4) is 5.75 Å². The van der Waals surface area contributed by atoms with Crippen LogP contribution in [0.2, 0.25) is 0 Å². The molecule has 6 heteroatoms. The van der Waals surface area contributed by atoms with Gasteiger partial charge in [-0.05, 0) is 31.2 Å². The summed E-state index contributed by atoms with van der Waals surface area (Å²) in [6.07, 6.45) is 0.663. The number of anilines is 1. The van der Waals surface area contributed by atoms with E-state index in [-0.39, 0.29) is 24.3 Å². The van der Waals surface area contributed by atoms with Gasteiger partial charge in [-0.3, -0.25) is 9.59 Å². The number of benzene rings is 1. The highest BCUT2D eigenvalue weighted by atomic mass is 16.5. The molecule has 0 saturated heterocycles. The summed E-state index contributed by atoms with van der Waals surface area (Å²) in [4.78, 5) is 24.0. The molecule has 6 nitrogen and oxygen atoms in total. The lowest BCUT2D eigenvalue weighted by molar-refractivity contribution is -0.130. The monoisotopic (exact) mass is 300 g/mol. The topological polar surface area (TPSA) is 80.6 Å². The molecule has 1 aromatic carbocycles. The fourth-order valence-electron chi connectivity index (χ4n) is 2.30. The molecule has 0 bridgehead atoms. The number of carbonyl (C=O) groups is 2. The minimum absolute atomic E-state index is 0.0504. The Balaban J connectivity index is 1.61. The lowest BCUT2D eigenvalue weighted by Gasteiger charge is -2.25. The van der Waals surface area contributed by atoms with Gasteiger partial charge in [0.15, 0.2) is 6.10 Å². The molecule has 2 heterocycles. The van der Waals surface area contributed by atoms with E-state index in [1.165, 1.54) is 0 Å². The highest BCUT2D eigenvalue weighted by Crippen LogP contribution is 2.29. The van der Waals surface area contributed by atoms with Crippen LogP contribution in [-0.2, 0) is 9.59 Å². The third-order valence-electron chi connectivity index (χ3n) is 3.42. The Morgan fingerprint density at radius 3 is 2.91 bits per heavy atom. The third-order valence-corrected chi connectivity index (χ3v) is 3.42. The summed E-state index contributed by atoms with van der Waals surface area (Å²) in [5.41, 5.74) is 0.619. The number of hydrogen-bond acceptors (Lipinski definition) is 4. The average Bonchev–Trinajstić information content (AvgIpc) is 3.02. The summed E-state index contributed by atoms with van der Waals surface area (Å²) in [5.74, 6) is 0.634. The fraction of sp³-hybridized carbons (Fsp3) is 0.250. The van der Waals surface area contributed by atoms with Crippen molar-refractivity contribution < 1.29 is 18.7 Å². The van der Waals surface area contributed by atoms with Crippen LogP contribution in [0, 0.1) is 0 Å². The van der Waals surface area contributed by atoms with Gasteiger partial charge >= 0.3 is 0 Å².